The molecule has 0 spiro atoms. The Hall–Kier alpha value is -1.59. The van der Waals surface area contributed by atoms with Gasteiger partial charge in [0.15, 0.2) is 0 Å². The Kier molecular flexibility index (Phi) is 2.82. The molecule has 2 aromatic rings. The highest BCUT2D eigenvalue weighted by Gasteiger charge is 2.52. The SMILES string of the molecule is CC1(C)OB(c2cccc3nc(N)ccc23)OC1(C)C. The Labute approximate surface area is 119 Å². The highest BCUT2D eigenvalue weighted by atomic mass is 16.7. The molecule has 0 unspecified atom stereocenters. The maximum atomic E-state index is 6.11. The fourth-order valence-corrected chi connectivity index (χ4v) is 2.37. The van der Waals surface area contributed by atoms with Gasteiger partial charge in [-0.25, -0.2) is 4.98 Å². The molecule has 0 aliphatic carbocycles. The van der Waals surface area contributed by atoms with Crippen molar-refractivity contribution in [2.75, 3.05) is 5.73 Å². The van der Waals surface area contributed by atoms with Gasteiger partial charge in [0.05, 0.1) is 16.7 Å². The predicted molar refractivity (Wildman–Crippen MR) is 81.9 cm³/mol. The van der Waals surface area contributed by atoms with Crippen molar-refractivity contribution in [2.45, 2.75) is 38.9 Å². The van der Waals surface area contributed by atoms with E-state index >= 15 is 0 Å². The van der Waals surface area contributed by atoms with Crippen LogP contribution in [0.5, 0.6) is 0 Å². The van der Waals surface area contributed by atoms with Crippen LogP contribution in [-0.4, -0.2) is 23.3 Å². The van der Waals surface area contributed by atoms with E-state index in [0.717, 1.165) is 16.4 Å². The number of aromatic nitrogens is 1. The van der Waals surface area contributed by atoms with Crippen molar-refractivity contribution >= 4 is 29.3 Å². The molecule has 1 saturated heterocycles. The summed E-state index contributed by atoms with van der Waals surface area (Å²) in [7, 11) is -0.380. The van der Waals surface area contributed by atoms with Gasteiger partial charge in [0.25, 0.3) is 0 Å². The Morgan fingerprint density at radius 3 is 2.30 bits per heavy atom. The van der Waals surface area contributed by atoms with Gasteiger partial charge in [-0.3, -0.25) is 0 Å². The number of fused-ring (bicyclic) bond motifs is 1. The summed E-state index contributed by atoms with van der Waals surface area (Å²) in [4.78, 5) is 4.35. The zero-order valence-electron chi connectivity index (χ0n) is 12.3. The first-order chi connectivity index (χ1) is 9.30. The van der Waals surface area contributed by atoms with Crippen molar-refractivity contribution < 1.29 is 9.31 Å². The first-order valence-electron chi connectivity index (χ1n) is 6.81. The van der Waals surface area contributed by atoms with Crippen molar-refractivity contribution in [3.05, 3.63) is 30.3 Å². The third kappa shape index (κ3) is 1.98. The van der Waals surface area contributed by atoms with Gasteiger partial charge in [0, 0.05) is 5.39 Å². The fourth-order valence-electron chi connectivity index (χ4n) is 2.37. The molecule has 0 bridgehead atoms. The number of nitrogens with zero attached hydrogens (tertiary/aromatic N) is 1. The molecule has 20 heavy (non-hydrogen) atoms. The van der Waals surface area contributed by atoms with Gasteiger partial charge >= 0.3 is 7.12 Å². The molecule has 104 valence electrons. The maximum absolute atomic E-state index is 6.11. The molecule has 1 aromatic carbocycles. The number of nitrogen functional groups attached to an aromatic ring is 1. The number of hydrogen-bond acceptors (Lipinski definition) is 4. The third-order valence-corrected chi connectivity index (χ3v) is 4.29. The van der Waals surface area contributed by atoms with Gasteiger partial charge in [0.1, 0.15) is 5.82 Å². The second-order valence-electron chi connectivity index (χ2n) is 6.24. The Balaban J connectivity index is 2.08. The zero-order valence-corrected chi connectivity index (χ0v) is 12.3. The summed E-state index contributed by atoms with van der Waals surface area (Å²) in [6.07, 6.45) is 0. The summed E-state index contributed by atoms with van der Waals surface area (Å²) in [5.41, 5.74) is 6.90. The molecule has 2 N–H and O–H groups in total. The second-order valence-corrected chi connectivity index (χ2v) is 6.24. The van der Waals surface area contributed by atoms with E-state index in [2.05, 4.69) is 4.98 Å². The van der Waals surface area contributed by atoms with Crippen LogP contribution in [0.1, 0.15) is 27.7 Å². The summed E-state index contributed by atoms with van der Waals surface area (Å²) in [6, 6.07) is 9.69. The van der Waals surface area contributed by atoms with Crippen LogP contribution in [0, 0.1) is 0 Å². The van der Waals surface area contributed by atoms with Crippen LogP contribution in [0.4, 0.5) is 5.82 Å². The number of nitrogens with two attached hydrogens (primary N) is 1. The van der Waals surface area contributed by atoms with Crippen LogP contribution in [0.3, 0.4) is 0 Å². The molecule has 1 aliphatic heterocycles. The molecule has 0 radical (unpaired) electrons. The summed E-state index contributed by atoms with van der Waals surface area (Å²) in [6.45, 7) is 8.20. The van der Waals surface area contributed by atoms with E-state index in [4.69, 9.17) is 15.0 Å². The molecule has 4 nitrogen and oxygen atoms in total. The minimum Gasteiger partial charge on any atom is -0.399 e. The van der Waals surface area contributed by atoms with Crippen LogP contribution in [0.2, 0.25) is 0 Å². The monoisotopic (exact) mass is 270 g/mol. The van der Waals surface area contributed by atoms with Gasteiger partial charge < -0.3 is 15.0 Å². The van der Waals surface area contributed by atoms with E-state index in [0.29, 0.717) is 5.82 Å². The minimum atomic E-state index is -0.380. The van der Waals surface area contributed by atoms with E-state index in [1.165, 1.54) is 0 Å². The summed E-state index contributed by atoms with van der Waals surface area (Å²) >= 11 is 0. The van der Waals surface area contributed by atoms with E-state index in [9.17, 15) is 0 Å². The second kappa shape index (κ2) is 4.20. The number of benzene rings is 1. The van der Waals surface area contributed by atoms with Crippen LogP contribution < -0.4 is 11.2 Å². The topological polar surface area (TPSA) is 57.4 Å². The first kappa shape index (κ1) is 13.4. The normalized spacial score (nSPS) is 20.5. The summed E-state index contributed by atoms with van der Waals surface area (Å²) < 4.78 is 12.2. The van der Waals surface area contributed by atoms with Crippen molar-refractivity contribution in [3.8, 4) is 0 Å². The van der Waals surface area contributed by atoms with Crippen molar-refractivity contribution in [1.29, 1.82) is 0 Å². The molecule has 0 amide bonds. The first-order valence-corrected chi connectivity index (χ1v) is 6.81. The van der Waals surface area contributed by atoms with E-state index < -0.39 is 0 Å². The molecule has 2 heterocycles. The Bertz CT molecular complexity index is 654. The highest BCUT2D eigenvalue weighted by Crippen LogP contribution is 2.36. The maximum Gasteiger partial charge on any atom is 0.495 e. The van der Waals surface area contributed by atoms with E-state index in [1.807, 2.05) is 52.0 Å². The van der Waals surface area contributed by atoms with Gasteiger partial charge in [-0.2, -0.15) is 0 Å². The average molecular weight is 270 g/mol. The lowest BCUT2D eigenvalue weighted by Crippen LogP contribution is -2.41. The fraction of sp³-hybridized carbons (Fsp3) is 0.400. The molecule has 1 aromatic heterocycles. The van der Waals surface area contributed by atoms with Crippen molar-refractivity contribution in [2.24, 2.45) is 0 Å². The molecule has 0 atom stereocenters. The molecular formula is C15H19BN2O2. The molecule has 5 heteroatoms. The third-order valence-electron chi connectivity index (χ3n) is 4.29. The van der Waals surface area contributed by atoms with E-state index in [1.54, 1.807) is 6.07 Å². The lowest BCUT2D eigenvalue weighted by atomic mass is 9.77. The zero-order chi connectivity index (χ0) is 14.5. The van der Waals surface area contributed by atoms with Crippen LogP contribution >= 0.6 is 0 Å². The van der Waals surface area contributed by atoms with Crippen molar-refractivity contribution in [1.82, 2.24) is 4.98 Å². The Morgan fingerprint density at radius 2 is 1.65 bits per heavy atom. The highest BCUT2D eigenvalue weighted by molar-refractivity contribution is 6.65. The molecule has 3 rings (SSSR count). The van der Waals surface area contributed by atoms with Gasteiger partial charge in [0.2, 0.25) is 0 Å². The Morgan fingerprint density at radius 1 is 1.00 bits per heavy atom. The van der Waals surface area contributed by atoms with Crippen molar-refractivity contribution in [3.63, 3.8) is 0 Å². The van der Waals surface area contributed by atoms with Crippen LogP contribution in [0.15, 0.2) is 30.3 Å². The number of anilines is 1. The molecule has 1 fully saturated rings. The molecule has 0 saturated carbocycles. The number of pyridine rings is 1. The van der Waals surface area contributed by atoms with Gasteiger partial charge in [-0.05, 0) is 51.4 Å². The quantitative estimate of drug-likeness (QED) is 0.806. The average Bonchev–Trinajstić information content (AvgIpc) is 2.57. The number of rotatable bonds is 1. The number of hydrogen-bond donors (Lipinski definition) is 1. The standard InChI is InChI=1S/C15H19BN2O2/c1-14(2)15(3,4)20-16(19-14)11-6-5-7-12-10(11)8-9-13(17)18-12/h5-9H,1-4H3,(H2,17,18). The lowest BCUT2D eigenvalue weighted by molar-refractivity contribution is 0.00578. The largest absolute Gasteiger partial charge is 0.495 e. The lowest BCUT2D eigenvalue weighted by Gasteiger charge is -2.32. The van der Waals surface area contributed by atoms with Crippen LogP contribution in [-0.2, 0) is 9.31 Å². The van der Waals surface area contributed by atoms with Crippen LogP contribution in [0.25, 0.3) is 10.9 Å². The van der Waals surface area contributed by atoms with Gasteiger partial charge in [-0.1, -0.05) is 12.1 Å². The molecule has 1 aliphatic rings. The van der Waals surface area contributed by atoms with Gasteiger partial charge in [-0.15, -0.1) is 0 Å². The predicted octanol–water partition coefficient (Wildman–Crippen LogP) is 2.12. The molecular weight excluding hydrogens is 251 g/mol. The minimum absolute atomic E-state index is 0.346. The van der Waals surface area contributed by atoms with E-state index in [-0.39, 0.29) is 18.3 Å². The summed E-state index contributed by atoms with van der Waals surface area (Å²) in [5.74, 6) is 0.517. The smallest absolute Gasteiger partial charge is 0.399 e. The summed E-state index contributed by atoms with van der Waals surface area (Å²) in [5, 5.41) is 1.01.